The summed E-state index contributed by atoms with van der Waals surface area (Å²) in [6.07, 6.45) is 0. The van der Waals surface area contributed by atoms with E-state index in [4.69, 9.17) is 28.3 Å². The Kier molecular flexibility index (Phi) is 5.31. The molecule has 2 N–H and O–H groups in total. The second-order valence-corrected chi connectivity index (χ2v) is 8.37. The molecule has 1 amide bonds. The van der Waals surface area contributed by atoms with Gasteiger partial charge in [0.2, 0.25) is 10.0 Å². The number of hydrogen-bond acceptors (Lipinski definition) is 3. The lowest BCUT2D eigenvalue weighted by atomic mass is 9.96. The number of amides is 1. The fourth-order valence-electron chi connectivity index (χ4n) is 1.90. The largest absolute Gasteiger partial charge is 0.341 e. The van der Waals surface area contributed by atoms with Crippen molar-refractivity contribution in [2.24, 2.45) is 10.6 Å². The number of halogens is 2. The van der Waals surface area contributed by atoms with Crippen molar-refractivity contribution in [1.82, 2.24) is 4.90 Å². The monoisotopic (exact) mass is 352 g/mol. The number of primary sulfonamides is 1. The van der Waals surface area contributed by atoms with Crippen LogP contribution in [-0.2, 0) is 10.0 Å². The van der Waals surface area contributed by atoms with Crippen molar-refractivity contribution >= 4 is 39.1 Å². The third-order valence-electron chi connectivity index (χ3n) is 2.62. The summed E-state index contributed by atoms with van der Waals surface area (Å²) in [4.78, 5) is 13.6. The third kappa shape index (κ3) is 4.85. The topological polar surface area (TPSA) is 80.5 Å². The van der Waals surface area contributed by atoms with E-state index in [0.29, 0.717) is 6.54 Å². The molecule has 5 nitrogen and oxygen atoms in total. The van der Waals surface area contributed by atoms with Crippen molar-refractivity contribution in [2.45, 2.75) is 25.7 Å². The summed E-state index contributed by atoms with van der Waals surface area (Å²) in [5.74, 6) is -0.392. The minimum atomic E-state index is -4.03. The van der Waals surface area contributed by atoms with Gasteiger partial charge in [-0.15, -0.1) is 0 Å². The van der Waals surface area contributed by atoms with E-state index in [1.54, 1.807) is 7.05 Å². The van der Waals surface area contributed by atoms with Gasteiger partial charge >= 0.3 is 0 Å². The smallest absolute Gasteiger partial charge is 0.255 e. The fourth-order valence-corrected chi connectivity index (χ4v) is 3.30. The van der Waals surface area contributed by atoms with Gasteiger partial charge in [-0.2, -0.15) is 0 Å². The molecule has 1 aromatic carbocycles. The highest BCUT2D eigenvalue weighted by Crippen LogP contribution is 2.29. The average Bonchev–Trinajstić information content (AvgIpc) is 2.23. The summed E-state index contributed by atoms with van der Waals surface area (Å²) in [5, 5.41) is 5.04. The highest BCUT2D eigenvalue weighted by Gasteiger charge is 2.24. The molecule has 8 heteroatoms. The highest BCUT2D eigenvalue weighted by atomic mass is 35.5. The summed E-state index contributed by atoms with van der Waals surface area (Å²) in [6, 6.07) is 2.32. The van der Waals surface area contributed by atoms with Crippen LogP contribution < -0.4 is 5.14 Å². The van der Waals surface area contributed by atoms with Gasteiger partial charge < -0.3 is 4.90 Å². The maximum absolute atomic E-state index is 12.4. The molecule has 0 unspecified atom stereocenters. The molecule has 0 fully saturated rings. The molecule has 21 heavy (non-hydrogen) atoms. The number of carbonyl (C=O) groups is 1. The number of hydrogen-bond donors (Lipinski definition) is 1. The van der Waals surface area contributed by atoms with E-state index >= 15 is 0 Å². The van der Waals surface area contributed by atoms with Crippen molar-refractivity contribution in [3.05, 3.63) is 27.7 Å². The fraction of sp³-hybridized carbons (Fsp3) is 0.462. The molecule has 0 radical (unpaired) electrons. The number of nitrogens with zero attached hydrogens (tertiary/aromatic N) is 1. The Morgan fingerprint density at radius 1 is 1.24 bits per heavy atom. The molecule has 0 heterocycles. The minimum Gasteiger partial charge on any atom is -0.341 e. The normalized spacial score (nSPS) is 12.3. The van der Waals surface area contributed by atoms with Crippen molar-refractivity contribution in [3.63, 3.8) is 0 Å². The van der Waals surface area contributed by atoms with Crippen molar-refractivity contribution in [1.29, 1.82) is 0 Å². The molecule has 0 spiro atoms. The number of nitrogens with two attached hydrogens (primary N) is 1. The van der Waals surface area contributed by atoms with Crippen LogP contribution in [0.5, 0.6) is 0 Å². The molecule has 0 aliphatic carbocycles. The first kappa shape index (κ1) is 18.2. The van der Waals surface area contributed by atoms with E-state index < -0.39 is 15.9 Å². The Morgan fingerprint density at radius 2 is 1.76 bits per heavy atom. The van der Waals surface area contributed by atoms with E-state index in [9.17, 15) is 13.2 Å². The van der Waals surface area contributed by atoms with Gasteiger partial charge in [0.1, 0.15) is 4.90 Å². The molecule has 0 saturated heterocycles. The SMILES string of the molecule is CN(CC(C)(C)C)C(=O)c1cc(S(N)(=O)=O)c(Cl)cc1Cl. The number of sulfonamides is 1. The molecule has 118 valence electrons. The zero-order valence-corrected chi connectivity index (χ0v) is 14.6. The van der Waals surface area contributed by atoms with Crippen LogP contribution >= 0.6 is 23.2 Å². The van der Waals surface area contributed by atoms with Crippen LogP contribution in [0.1, 0.15) is 31.1 Å². The lowest BCUT2D eigenvalue weighted by Gasteiger charge is -2.27. The Morgan fingerprint density at radius 3 is 2.19 bits per heavy atom. The van der Waals surface area contributed by atoms with Crippen LogP contribution in [0.2, 0.25) is 10.0 Å². The van der Waals surface area contributed by atoms with Gasteiger partial charge in [0.15, 0.2) is 0 Å². The molecule has 0 bridgehead atoms. The lowest BCUT2D eigenvalue weighted by Crippen LogP contribution is -2.34. The Labute approximate surface area is 135 Å². The van der Waals surface area contributed by atoms with Gasteiger partial charge in [0.05, 0.1) is 15.6 Å². The van der Waals surface area contributed by atoms with Crippen LogP contribution in [0.3, 0.4) is 0 Å². The molecule has 0 atom stereocenters. The Balaban J connectivity index is 3.28. The van der Waals surface area contributed by atoms with Crippen molar-refractivity contribution in [3.8, 4) is 0 Å². The van der Waals surface area contributed by atoms with Crippen molar-refractivity contribution < 1.29 is 13.2 Å². The molecule has 0 aromatic heterocycles. The van der Waals surface area contributed by atoms with Gasteiger partial charge in [0, 0.05) is 13.6 Å². The molecular formula is C13H18Cl2N2O3S. The zero-order chi connectivity index (χ0) is 16.6. The standard InChI is InChI=1S/C13H18Cl2N2O3S/c1-13(2,3)7-17(4)12(18)8-5-11(21(16,19)20)10(15)6-9(8)14/h5-6H,7H2,1-4H3,(H2,16,19,20). The Hall–Kier alpha value is -0.820. The van der Waals surface area contributed by atoms with E-state index in [0.717, 1.165) is 6.07 Å². The summed E-state index contributed by atoms with van der Waals surface area (Å²) in [7, 11) is -2.41. The predicted molar refractivity (Wildman–Crippen MR) is 84.3 cm³/mol. The predicted octanol–water partition coefficient (Wildman–Crippen LogP) is 2.76. The molecule has 0 aliphatic rings. The van der Waals surface area contributed by atoms with Crippen LogP contribution in [0, 0.1) is 5.41 Å². The van der Waals surface area contributed by atoms with Crippen LogP contribution in [-0.4, -0.2) is 32.8 Å². The van der Waals surface area contributed by atoms with E-state index in [-0.39, 0.29) is 25.9 Å². The van der Waals surface area contributed by atoms with Crippen LogP contribution in [0.25, 0.3) is 0 Å². The van der Waals surface area contributed by atoms with Crippen LogP contribution in [0.4, 0.5) is 0 Å². The summed E-state index contributed by atoms with van der Waals surface area (Å²) >= 11 is 11.8. The summed E-state index contributed by atoms with van der Waals surface area (Å²) in [5.41, 5.74) is -0.0524. The molecule has 1 aromatic rings. The van der Waals surface area contributed by atoms with Crippen LogP contribution in [0.15, 0.2) is 17.0 Å². The second-order valence-electron chi connectivity index (χ2n) is 6.03. The van der Waals surface area contributed by atoms with Gasteiger partial charge in [-0.1, -0.05) is 44.0 Å². The number of benzene rings is 1. The number of carbonyl (C=O) groups excluding carboxylic acids is 1. The quantitative estimate of drug-likeness (QED) is 0.907. The third-order valence-corrected chi connectivity index (χ3v) is 4.30. The van der Waals surface area contributed by atoms with E-state index in [2.05, 4.69) is 0 Å². The minimum absolute atomic E-state index is 0.0526. The summed E-state index contributed by atoms with van der Waals surface area (Å²) in [6.45, 7) is 6.43. The maximum atomic E-state index is 12.4. The molecule has 0 aliphatic heterocycles. The lowest BCUT2D eigenvalue weighted by molar-refractivity contribution is 0.0745. The molecular weight excluding hydrogens is 335 g/mol. The average molecular weight is 353 g/mol. The van der Waals surface area contributed by atoms with Gasteiger partial charge in [0.25, 0.3) is 5.91 Å². The summed E-state index contributed by atoms with van der Waals surface area (Å²) < 4.78 is 22.9. The van der Waals surface area contributed by atoms with Gasteiger partial charge in [-0.25, -0.2) is 13.6 Å². The molecule has 0 saturated carbocycles. The van der Waals surface area contributed by atoms with E-state index in [1.807, 2.05) is 20.8 Å². The maximum Gasteiger partial charge on any atom is 0.255 e. The molecule has 1 rings (SSSR count). The second kappa shape index (κ2) is 6.12. The van der Waals surface area contributed by atoms with Gasteiger partial charge in [-0.3, -0.25) is 4.79 Å². The first-order valence-corrected chi connectivity index (χ1v) is 8.40. The first-order valence-electron chi connectivity index (χ1n) is 6.10. The van der Waals surface area contributed by atoms with Gasteiger partial charge in [-0.05, 0) is 17.5 Å². The first-order chi connectivity index (χ1) is 9.33. The number of rotatable bonds is 3. The highest BCUT2D eigenvalue weighted by molar-refractivity contribution is 7.89. The van der Waals surface area contributed by atoms with Crippen molar-refractivity contribution in [2.75, 3.05) is 13.6 Å². The Bertz CT molecular complexity index is 667. The van der Waals surface area contributed by atoms with E-state index in [1.165, 1.54) is 11.0 Å². The zero-order valence-electron chi connectivity index (χ0n) is 12.3.